The van der Waals surface area contributed by atoms with Crippen LogP contribution in [0.4, 0.5) is 9.59 Å². The number of benzene rings is 2. The zero-order valence-corrected chi connectivity index (χ0v) is 29.6. The van der Waals surface area contributed by atoms with Crippen molar-refractivity contribution in [1.29, 1.82) is 0 Å². The average molecular weight is 670 g/mol. The van der Waals surface area contributed by atoms with Crippen LogP contribution in [0.15, 0.2) is 60.7 Å². The topological polar surface area (TPSA) is 58.2 Å². The van der Waals surface area contributed by atoms with Gasteiger partial charge in [-0.2, -0.15) is 0 Å². The van der Waals surface area contributed by atoms with Crippen molar-refractivity contribution >= 4 is 62.8 Å². The molecule has 176 valence electrons. The quantitative estimate of drug-likeness (QED) is 0.365. The first-order valence-corrected chi connectivity index (χ1v) is 25.7. The van der Waals surface area contributed by atoms with E-state index in [2.05, 4.69) is 79.4 Å². The summed E-state index contributed by atoms with van der Waals surface area (Å²) in [5.41, 5.74) is 6.34. The summed E-state index contributed by atoms with van der Waals surface area (Å²) >= 11 is -2.14. The number of fused-ring (bicyclic) bond motifs is 2. The summed E-state index contributed by atoms with van der Waals surface area (Å²) in [6, 6.07) is 17.7. The van der Waals surface area contributed by atoms with E-state index in [1.54, 1.807) is 11.1 Å². The van der Waals surface area contributed by atoms with Gasteiger partial charge in [-0.15, -0.1) is 0 Å². The maximum atomic E-state index is 11.6. The van der Waals surface area contributed by atoms with Gasteiger partial charge in [0.15, 0.2) is 0 Å². The maximum absolute atomic E-state index is 11.6. The molecule has 0 aliphatic heterocycles. The third kappa shape index (κ3) is 7.52. The summed E-state index contributed by atoms with van der Waals surface area (Å²) in [7, 11) is -3.43. The molecule has 8 heteroatoms. The molecule has 2 N–H and O–H groups in total. The molecule has 0 radical (unpaired) electrons. The Hall–Kier alpha value is -0.953. The van der Waals surface area contributed by atoms with Crippen molar-refractivity contribution in [3.63, 3.8) is 0 Å². The molecule has 0 saturated heterocycles. The van der Waals surface area contributed by atoms with E-state index >= 15 is 0 Å². The number of amides is 2. The van der Waals surface area contributed by atoms with Crippen molar-refractivity contribution in [3.05, 3.63) is 82.9 Å². The van der Waals surface area contributed by atoms with Crippen molar-refractivity contribution in [1.82, 2.24) is 6.61 Å². The van der Waals surface area contributed by atoms with Crippen LogP contribution in [0.3, 0.4) is 0 Å². The van der Waals surface area contributed by atoms with Gasteiger partial charge in [-0.25, -0.2) is 0 Å². The zero-order valence-electron chi connectivity index (χ0n) is 21.1. The van der Waals surface area contributed by atoms with Gasteiger partial charge in [0.2, 0.25) is 0 Å². The Balaban J connectivity index is 0.000000198. The second kappa shape index (κ2) is 11.9. The minimum absolute atomic E-state index is 0.175. The molecule has 0 fully saturated rings. The van der Waals surface area contributed by atoms with Gasteiger partial charge in [-0.05, 0) is 0 Å². The fourth-order valence-electron chi connectivity index (χ4n) is 3.72. The first kappa shape index (κ1) is 27.6. The Morgan fingerprint density at radius 3 is 1.47 bits per heavy atom. The van der Waals surface area contributed by atoms with Crippen LogP contribution in [0, 0.1) is 0 Å². The molecular formula is C26H35InN2O2Si2Zr. The number of allylic oxidation sites excluding steroid dienone is 2. The van der Waals surface area contributed by atoms with Gasteiger partial charge in [0.25, 0.3) is 0 Å². The van der Waals surface area contributed by atoms with E-state index in [1.807, 2.05) is 39.3 Å². The molecule has 2 aliphatic carbocycles. The molecule has 2 unspecified atom stereocenters. The van der Waals surface area contributed by atoms with Crippen LogP contribution in [0.2, 0.25) is 39.3 Å². The van der Waals surface area contributed by atoms with Crippen LogP contribution in [0.25, 0.3) is 12.2 Å². The first-order valence-electron chi connectivity index (χ1n) is 11.8. The van der Waals surface area contributed by atoms with Crippen LogP contribution in [0.5, 0.6) is 0 Å². The van der Waals surface area contributed by atoms with Crippen molar-refractivity contribution < 1.29 is 32.8 Å². The summed E-state index contributed by atoms with van der Waals surface area (Å²) in [4.78, 5) is 23.1. The number of carbonyl (C=O) groups excluding carboxylic acids is 2. The van der Waals surface area contributed by atoms with Gasteiger partial charge in [0.1, 0.15) is 0 Å². The molecular weight excluding hydrogens is 635 g/mol. The predicted molar refractivity (Wildman–Crippen MR) is 147 cm³/mol. The zero-order chi connectivity index (χ0) is 24.9. The Morgan fingerprint density at radius 2 is 1.09 bits per heavy atom. The predicted octanol–water partition coefficient (Wildman–Crippen LogP) is 6.12. The number of carbonyl (C=O) groups is 2. The fraction of sp³-hybridized carbons (Fsp3) is 0.308. The summed E-state index contributed by atoms with van der Waals surface area (Å²) in [5.74, 6) is 0. The fourth-order valence-corrected chi connectivity index (χ4v) is 20.4. The molecule has 4 rings (SSSR count). The van der Waals surface area contributed by atoms with Crippen LogP contribution >= 0.6 is 0 Å². The number of hydrogen-bond donors (Lipinski definition) is 2. The Bertz CT molecular complexity index is 1020. The van der Waals surface area contributed by atoms with E-state index in [0.29, 0.717) is 0 Å². The molecule has 34 heavy (non-hydrogen) atoms. The molecule has 0 spiro atoms. The molecule has 0 aromatic heterocycles. The van der Waals surface area contributed by atoms with Crippen LogP contribution < -0.4 is 6.61 Å². The second-order valence-electron chi connectivity index (χ2n) is 10.8. The van der Waals surface area contributed by atoms with Crippen molar-refractivity contribution in [2.75, 3.05) is 0 Å². The summed E-state index contributed by atoms with van der Waals surface area (Å²) < 4.78 is 7.37. The Labute approximate surface area is 229 Å². The van der Waals surface area contributed by atoms with Crippen LogP contribution in [0.1, 0.15) is 29.5 Å². The first-order chi connectivity index (χ1) is 16.0. The van der Waals surface area contributed by atoms with E-state index in [0.717, 1.165) is 7.25 Å². The third-order valence-corrected chi connectivity index (χ3v) is 18.0. The third-order valence-electron chi connectivity index (χ3n) is 5.82. The van der Waals surface area contributed by atoms with Gasteiger partial charge in [0, 0.05) is 0 Å². The number of nitrogens with one attached hydrogen (secondary N) is 2. The van der Waals surface area contributed by atoms with E-state index in [9.17, 15) is 9.59 Å². The SMILES string of the molecule is C1=C[CH]([Zr][CH]2C=Cc3ccccc32)c2ccccc21.C[Si](C)(C)C(=O)[NH][InH][NH]C(=O)[Si](C)(C)C. The molecule has 0 heterocycles. The van der Waals surface area contributed by atoms with Crippen molar-refractivity contribution in [2.24, 2.45) is 0 Å². The van der Waals surface area contributed by atoms with Crippen LogP contribution in [-0.4, -0.2) is 50.7 Å². The standard InChI is InChI=1S/2C9H7.2C4H11NOSi.In.Zr.H/c2*1-2-5-9-7-3-6-8(9)4-1;2*1-7(2,3)4(5)6;;;/h2*1-7H;2*1-3H3,(H2,5,6);;;/q;;;;+2;;/p-2. The molecule has 2 atom stereocenters. The molecule has 2 aromatic carbocycles. The molecule has 2 amide bonds. The summed E-state index contributed by atoms with van der Waals surface area (Å²) in [6.45, 7) is 12.1. The van der Waals surface area contributed by atoms with E-state index in [4.69, 9.17) is 0 Å². The second-order valence-corrected chi connectivity index (χ2v) is 27.6. The molecule has 0 saturated carbocycles. The normalized spacial score (nSPS) is 17.7. The van der Waals surface area contributed by atoms with Gasteiger partial charge in [-0.1, -0.05) is 0 Å². The van der Waals surface area contributed by atoms with Gasteiger partial charge in [-0.3, -0.25) is 0 Å². The van der Waals surface area contributed by atoms with Gasteiger partial charge >= 0.3 is 232 Å². The van der Waals surface area contributed by atoms with Crippen molar-refractivity contribution in [2.45, 2.75) is 46.5 Å². The number of rotatable bonds is 6. The number of hydrogen-bond acceptors (Lipinski definition) is 2. The van der Waals surface area contributed by atoms with E-state index < -0.39 is 62.9 Å². The average Bonchev–Trinajstić information content (AvgIpc) is 3.38. The van der Waals surface area contributed by atoms with Crippen molar-refractivity contribution in [3.8, 4) is 0 Å². The molecule has 2 aliphatic rings. The molecule has 4 nitrogen and oxygen atoms in total. The minimum atomic E-state index is -1.72. The summed E-state index contributed by atoms with van der Waals surface area (Å²) in [6.07, 6.45) is 9.49. The van der Waals surface area contributed by atoms with Gasteiger partial charge < -0.3 is 0 Å². The van der Waals surface area contributed by atoms with Crippen LogP contribution in [-0.2, 0) is 23.2 Å². The Kier molecular flexibility index (Phi) is 9.63. The van der Waals surface area contributed by atoms with Gasteiger partial charge in [0.05, 0.1) is 0 Å². The summed E-state index contributed by atoms with van der Waals surface area (Å²) in [5, 5.41) is 0. The molecule has 2 aromatic rings. The Morgan fingerprint density at radius 1 is 0.706 bits per heavy atom. The monoisotopic (exact) mass is 668 g/mol. The van der Waals surface area contributed by atoms with E-state index in [-0.39, 0.29) is 11.1 Å². The molecule has 0 bridgehead atoms. The van der Waals surface area contributed by atoms with E-state index in [1.165, 1.54) is 11.1 Å².